The molecule has 0 radical (unpaired) electrons. The number of urea groups is 1. The van der Waals surface area contributed by atoms with Gasteiger partial charge in [-0.3, -0.25) is 4.79 Å². The second-order valence-electron chi connectivity index (χ2n) is 5.45. The topological polar surface area (TPSA) is 91.5 Å². The molecule has 7 nitrogen and oxygen atoms in total. The third-order valence-electron chi connectivity index (χ3n) is 3.45. The fraction of sp³-hybridized carbons (Fsp3) is 0.467. The average Bonchev–Trinajstić information content (AvgIpc) is 2.94. The number of hydrogen-bond donors (Lipinski definition) is 4. The highest BCUT2D eigenvalue weighted by molar-refractivity contribution is 6.33. The van der Waals surface area contributed by atoms with Gasteiger partial charge >= 0.3 is 6.03 Å². The maximum Gasteiger partial charge on any atom is 0.319 e. The molecular formula is C15H20ClFN4O3. The standard InChI is InChI=1S/C15H20ClFN4O3/c1-24-8-14(22)20-10-2-3-12(16)13(5-10)21-15(23)19-7-11-4-9(17)6-18-11/h2-3,5,9,11,18H,4,6-8H2,1H3,(H,20,22)(H2,19,21,23)/t9-,11-/m0/s1. The summed E-state index contributed by atoms with van der Waals surface area (Å²) in [5.74, 6) is -0.316. The van der Waals surface area contributed by atoms with E-state index in [0.29, 0.717) is 35.9 Å². The molecule has 0 bridgehead atoms. The summed E-state index contributed by atoms with van der Waals surface area (Å²) in [4.78, 5) is 23.4. The number of amides is 3. The number of rotatable bonds is 6. The van der Waals surface area contributed by atoms with Crippen LogP contribution in [0.4, 0.5) is 20.6 Å². The fourth-order valence-corrected chi connectivity index (χ4v) is 2.50. The minimum absolute atomic E-state index is 0.0736. The molecule has 1 heterocycles. The quantitative estimate of drug-likeness (QED) is 0.623. The third kappa shape index (κ3) is 5.63. The van der Waals surface area contributed by atoms with Gasteiger partial charge in [-0.25, -0.2) is 9.18 Å². The number of carbonyl (C=O) groups is 2. The van der Waals surface area contributed by atoms with E-state index in [-0.39, 0.29) is 18.6 Å². The number of carbonyl (C=O) groups excluding carboxylic acids is 2. The van der Waals surface area contributed by atoms with Crippen LogP contribution in [0.2, 0.25) is 5.02 Å². The number of benzene rings is 1. The van der Waals surface area contributed by atoms with Gasteiger partial charge in [0.2, 0.25) is 5.91 Å². The number of halogens is 2. The van der Waals surface area contributed by atoms with Crippen LogP contribution in [0.1, 0.15) is 6.42 Å². The number of anilines is 2. The Bertz CT molecular complexity index is 602. The molecule has 4 N–H and O–H groups in total. The van der Waals surface area contributed by atoms with Crippen molar-refractivity contribution < 1.29 is 18.7 Å². The van der Waals surface area contributed by atoms with E-state index in [0.717, 1.165) is 0 Å². The molecule has 0 aliphatic carbocycles. The largest absolute Gasteiger partial charge is 0.375 e. The van der Waals surface area contributed by atoms with Gasteiger partial charge in [0.25, 0.3) is 0 Å². The molecule has 1 aromatic rings. The summed E-state index contributed by atoms with van der Waals surface area (Å²) >= 11 is 6.04. The van der Waals surface area contributed by atoms with Crippen molar-refractivity contribution in [2.75, 3.05) is 37.4 Å². The predicted molar refractivity (Wildman–Crippen MR) is 90.3 cm³/mol. The second-order valence-corrected chi connectivity index (χ2v) is 5.86. The molecular weight excluding hydrogens is 339 g/mol. The van der Waals surface area contributed by atoms with Gasteiger partial charge in [0, 0.05) is 31.9 Å². The Hall–Kier alpha value is -1.90. The first-order valence-corrected chi connectivity index (χ1v) is 7.86. The molecule has 9 heteroatoms. The first kappa shape index (κ1) is 18.4. The lowest BCUT2D eigenvalue weighted by molar-refractivity contribution is -0.119. The molecule has 0 aromatic heterocycles. The first-order valence-electron chi connectivity index (χ1n) is 7.48. The van der Waals surface area contributed by atoms with Gasteiger partial charge in [0.15, 0.2) is 0 Å². The van der Waals surface area contributed by atoms with Crippen molar-refractivity contribution in [1.29, 1.82) is 0 Å². The molecule has 1 aromatic carbocycles. The van der Waals surface area contributed by atoms with Gasteiger partial charge < -0.3 is 26.0 Å². The van der Waals surface area contributed by atoms with E-state index in [1.54, 1.807) is 18.2 Å². The van der Waals surface area contributed by atoms with E-state index < -0.39 is 12.2 Å². The third-order valence-corrected chi connectivity index (χ3v) is 3.78. The van der Waals surface area contributed by atoms with Gasteiger partial charge in [-0.05, 0) is 24.6 Å². The van der Waals surface area contributed by atoms with Crippen LogP contribution in [0.3, 0.4) is 0 Å². The van der Waals surface area contributed by atoms with Crippen LogP contribution in [-0.4, -0.2) is 51.0 Å². The molecule has 132 valence electrons. The SMILES string of the molecule is COCC(=O)Nc1ccc(Cl)c(NC(=O)NC[C@@H]2C[C@H](F)CN2)c1. The zero-order chi connectivity index (χ0) is 17.5. The van der Waals surface area contributed by atoms with Crippen molar-refractivity contribution in [1.82, 2.24) is 10.6 Å². The molecule has 1 aliphatic rings. The van der Waals surface area contributed by atoms with Crippen molar-refractivity contribution in [3.8, 4) is 0 Å². The Morgan fingerprint density at radius 1 is 1.42 bits per heavy atom. The average molecular weight is 359 g/mol. The van der Waals surface area contributed by atoms with Gasteiger partial charge in [0.1, 0.15) is 12.8 Å². The van der Waals surface area contributed by atoms with Crippen molar-refractivity contribution in [3.05, 3.63) is 23.2 Å². The monoisotopic (exact) mass is 358 g/mol. The van der Waals surface area contributed by atoms with Crippen LogP contribution in [0.5, 0.6) is 0 Å². The van der Waals surface area contributed by atoms with Crippen molar-refractivity contribution in [3.63, 3.8) is 0 Å². The summed E-state index contributed by atoms with van der Waals surface area (Å²) in [7, 11) is 1.42. The molecule has 2 atom stereocenters. The smallest absolute Gasteiger partial charge is 0.319 e. The Balaban J connectivity index is 1.88. The lowest BCUT2D eigenvalue weighted by Crippen LogP contribution is -2.39. The van der Waals surface area contributed by atoms with E-state index in [1.165, 1.54) is 7.11 Å². The van der Waals surface area contributed by atoms with E-state index >= 15 is 0 Å². The molecule has 0 saturated carbocycles. The van der Waals surface area contributed by atoms with Crippen molar-refractivity contribution >= 4 is 34.9 Å². The normalized spacial score (nSPS) is 19.8. The van der Waals surface area contributed by atoms with E-state index in [1.807, 2.05) is 0 Å². The Morgan fingerprint density at radius 3 is 2.88 bits per heavy atom. The van der Waals surface area contributed by atoms with Crippen LogP contribution in [0, 0.1) is 0 Å². The van der Waals surface area contributed by atoms with Crippen LogP contribution >= 0.6 is 11.6 Å². The summed E-state index contributed by atoms with van der Waals surface area (Å²) in [6.45, 7) is 0.549. The Kier molecular flexibility index (Phi) is 6.77. The van der Waals surface area contributed by atoms with Gasteiger partial charge in [0.05, 0.1) is 10.7 Å². The number of alkyl halides is 1. The van der Waals surface area contributed by atoms with E-state index in [4.69, 9.17) is 16.3 Å². The maximum absolute atomic E-state index is 13.0. The molecule has 1 aliphatic heterocycles. The van der Waals surface area contributed by atoms with Gasteiger partial charge in [-0.1, -0.05) is 11.6 Å². The van der Waals surface area contributed by atoms with Crippen LogP contribution in [0.25, 0.3) is 0 Å². The van der Waals surface area contributed by atoms with Gasteiger partial charge in [-0.15, -0.1) is 0 Å². The van der Waals surface area contributed by atoms with E-state index in [2.05, 4.69) is 21.3 Å². The zero-order valence-electron chi connectivity index (χ0n) is 13.2. The highest BCUT2D eigenvalue weighted by atomic mass is 35.5. The molecule has 0 spiro atoms. The zero-order valence-corrected chi connectivity index (χ0v) is 14.0. The van der Waals surface area contributed by atoms with Gasteiger partial charge in [-0.2, -0.15) is 0 Å². The number of nitrogens with one attached hydrogen (secondary N) is 4. The van der Waals surface area contributed by atoms with Crippen LogP contribution < -0.4 is 21.3 Å². The molecule has 1 saturated heterocycles. The highest BCUT2D eigenvalue weighted by Crippen LogP contribution is 2.25. The summed E-state index contributed by atoms with van der Waals surface area (Å²) in [5.41, 5.74) is 0.835. The number of hydrogen-bond acceptors (Lipinski definition) is 4. The summed E-state index contributed by atoms with van der Waals surface area (Å²) < 4.78 is 17.8. The molecule has 3 amide bonds. The lowest BCUT2D eigenvalue weighted by Gasteiger charge is -2.14. The fourth-order valence-electron chi connectivity index (χ4n) is 2.33. The number of methoxy groups -OCH3 is 1. The lowest BCUT2D eigenvalue weighted by atomic mass is 10.2. The number of ether oxygens (including phenoxy) is 1. The van der Waals surface area contributed by atoms with Crippen LogP contribution in [0.15, 0.2) is 18.2 Å². The van der Waals surface area contributed by atoms with E-state index in [9.17, 15) is 14.0 Å². The van der Waals surface area contributed by atoms with Crippen LogP contribution in [-0.2, 0) is 9.53 Å². The van der Waals surface area contributed by atoms with Crippen molar-refractivity contribution in [2.45, 2.75) is 18.6 Å². The first-order chi connectivity index (χ1) is 11.5. The predicted octanol–water partition coefficient (Wildman–Crippen LogP) is 1.75. The minimum atomic E-state index is -0.873. The molecule has 2 rings (SSSR count). The summed E-state index contributed by atoms with van der Waals surface area (Å²) in [6, 6.07) is 4.18. The maximum atomic E-state index is 13.0. The minimum Gasteiger partial charge on any atom is -0.375 e. The summed E-state index contributed by atoms with van der Waals surface area (Å²) in [5, 5.41) is 11.2. The highest BCUT2D eigenvalue weighted by Gasteiger charge is 2.23. The Labute approximate surface area is 144 Å². The molecule has 24 heavy (non-hydrogen) atoms. The summed E-state index contributed by atoms with van der Waals surface area (Å²) in [6.07, 6.45) is -0.496. The second kappa shape index (κ2) is 8.81. The Morgan fingerprint density at radius 2 is 2.21 bits per heavy atom. The van der Waals surface area contributed by atoms with Crippen molar-refractivity contribution in [2.24, 2.45) is 0 Å². The molecule has 1 fully saturated rings. The molecule has 0 unspecified atom stereocenters.